The Morgan fingerprint density at radius 3 is 2.70 bits per heavy atom. The third-order valence-corrected chi connectivity index (χ3v) is 3.82. The van der Waals surface area contributed by atoms with Gasteiger partial charge >= 0.3 is 5.97 Å². The second kappa shape index (κ2) is 8.66. The van der Waals surface area contributed by atoms with Crippen molar-refractivity contribution in [3.05, 3.63) is 78.4 Å². The van der Waals surface area contributed by atoms with Crippen LogP contribution in [0.5, 0.6) is 5.75 Å². The van der Waals surface area contributed by atoms with Gasteiger partial charge in [0.2, 0.25) is 0 Å². The number of carbonyl (C=O) groups is 2. The Labute approximate surface area is 156 Å². The molecule has 0 atom stereocenters. The number of nitrogens with one attached hydrogen (secondary N) is 1. The minimum absolute atomic E-state index is 0.321. The molecule has 0 bridgehead atoms. The van der Waals surface area contributed by atoms with E-state index in [-0.39, 0.29) is 5.91 Å². The number of anilines is 1. The highest BCUT2D eigenvalue weighted by atomic mass is 16.5. The van der Waals surface area contributed by atoms with Crippen LogP contribution in [0.15, 0.2) is 67.3 Å². The Kier molecular flexibility index (Phi) is 5.84. The average molecular weight is 365 g/mol. The van der Waals surface area contributed by atoms with Crippen LogP contribution in [0.2, 0.25) is 0 Å². The maximum atomic E-state index is 12.4. The molecule has 3 aromatic rings. The number of rotatable bonds is 7. The van der Waals surface area contributed by atoms with Crippen LogP contribution >= 0.6 is 0 Å². The minimum atomic E-state index is -0.488. The minimum Gasteiger partial charge on any atom is -0.492 e. The Morgan fingerprint density at radius 2 is 1.93 bits per heavy atom. The monoisotopic (exact) mass is 365 g/mol. The number of methoxy groups -OCH3 is 1. The molecule has 138 valence electrons. The van der Waals surface area contributed by atoms with Crippen molar-refractivity contribution in [1.82, 2.24) is 9.55 Å². The number of carbonyl (C=O) groups excluding carboxylic acids is 2. The lowest BCUT2D eigenvalue weighted by molar-refractivity contribution is 0.0600. The summed E-state index contributed by atoms with van der Waals surface area (Å²) in [5.41, 5.74) is 1.29. The highest BCUT2D eigenvalue weighted by Gasteiger charge is 2.11. The van der Waals surface area contributed by atoms with Crippen LogP contribution < -0.4 is 10.1 Å². The molecule has 2 aromatic carbocycles. The van der Waals surface area contributed by atoms with Crippen molar-refractivity contribution in [2.45, 2.75) is 6.54 Å². The number of esters is 1. The zero-order valence-corrected chi connectivity index (χ0v) is 14.8. The molecule has 7 heteroatoms. The second-order valence-corrected chi connectivity index (χ2v) is 5.70. The summed E-state index contributed by atoms with van der Waals surface area (Å²) in [6, 6.07) is 13.5. The van der Waals surface area contributed by atoms with Crippen molar-refractivity contribution in [3.8, 4) is 5.75 Å². The van der Waals surface area contributed by atoms with Gasteiger partial charge in [-0.1, -0.05) is 12.1 Å². The van der Waals surface area contributed by atoms with Gasteiger partial charge in [0, 0.05) is 29.7 Å². The van der Waals surface area contributed by atoms with Crippen molar-refractivity contribution in [2.24, 2.45) is 0 Å². The van der Waals surface area contributed by atoms with Gasteiger partial charge in [0.1, 0.15) is 12.4 Å². The van der Waals surface area contributed by atoms with Crippen LogP contribution in [0, 0.1) is 0 Å². The molecule has 27 heavy (non-hydrogen) atoms. The number of ether oxygens (including phenoxy) is 2. The molecule has 0 fully saturated rings. The van der Waals surface area contributed by atoms with Gasteiger partial charge in [-0.2, -0.15) is 0 Å². The van der Waals surface area contributed by atoms with Crippen LogP contribution in [0.25, 0.3) is 0 Å². The van der Waals surface area contributed by atoms with E-state index in [0.29, 0.717) is 35.7 Å². The van der Waals surface area contributed by atoms with Crippen molar-refractivity contribution in [1.29, 1.82) is 0 Å². The zero-order chi connectivity index (χ0) is 19.1. The maximum absolute atomic E-state index is 12.4. The fraction of sp³-hybridized carbons (Fsp3) is 0.150. The molecule has 0 aliphatic heterocycles. The summed E-state index contributed by atoms with van der Waals surface area (Å²) in [6.45, 7) is 1.16. The van der Waals surface area contributed by atoms with Gasteiger partial charge in [0.25, 0.3) is 5.91 Å². The summed E-state index contributed by atoms with van der Waals surface area (Å²) in [5, 5.41) is 2.80. The van der Waals surface area contributed by atoms with Crippen LogP contribution in [0.3, 0.4) is 0 Å². The first kappa shape index (κ1) is 18.2. The van der Waals surface area contributed by atoms with E-state index in [1.165, 1.54) is 13.2 Å². The largest absolute Gasteiger partial charge is 0.492 e. The number of hydrogen-bond donors (Lipinski definition) is 1. The summed E-state index contributed by atoms with van der Waals surface area (Å²) in [6.07, 6.45) is 5.30. The molecule has 0 aliphatic carbocycles. The van der Waals surface area contributed by atoms with Crippen molar-refractivity contribution in [3.63, 3.8) is 0 Å². The van der Waals surface area contributed by atoms with E-state index < -0.39 is 5.97 Å². The molecule has 1 aromatic heterocycles. The Balaban J connectivity index is 1.61. The number of benzene rings is 2. The zero-order valence-electron chi connectivity index (χ0n) is 14.8. The first-order valence-corrected chi connectivity index (χ1v) is 8.34. The van der Waals surface area contributed by atoms with Gasteiger partial charge < -0.3 is 19.4 Å². The normalized spacial score (nSPS) is 10.3. The topological polar surface area (TPSA) is 82.5 Å². The van der Waals surface area contributed by atoms with E-state index in [1.54, 1.807) is 48.9 Å². The second-order valence-electron chi connectivity index (χ2n) is 5.70. The molecular formula is C20H19N3O4. The summed E-state index contributed by atoms with van der Waals surface area (Å²) in [4.78, 5) is 28.0. The SMILES string of the molecule is COC(=O)c1cccc(C(=O)Nc2cccc(OCCn3ccnc3)c2)c1. The van der Waals surface area contributed by atoms with Crippen molar-refractivity contribution >= 4 is 17.6 Å². The van der Waals surface area contributed by atoms with E-state index in [2.05, 4.69) is 15.0 Å². The van der Waals surface area contributed by atoms with Crippen molar-refractivity contribution in [2.75, 3.05) is 19.0 Å². The van der Waals surface area contributed by atoms with Crippen molar-refractivity contribution < 1.29 is 19.1 Å². The van der Waals surface area contributed by atoms with Gasteiger partial charge in [-0.15, -0.1) is 0 Å². The molecular weight excluding hydrogens is 346 g/mol. The summed E-state index contributed by atoms with van der Waals surface area (Å²) < 4.78 is 12.3. The van der Waals surface area contributed by atoms with Gasteiger partial charge in [-0.05, 0) is 30.3 Å². The summed E-state index contributed by atoms with van der Waals surface area (Å²) in [7, 11) is 1.30. The molecule has 0 spiro atoms. The first-order chi connectivity index (χ1) is 13.2. The van der Waals surface area contributed by atoms with Gasteiger partial charge in [-0.3, -0.25) is 4.79 Å². The van der Waals surface area contributed by atoms with Crippen LogP contribution in [-0.2, 0) is 11.3 Å². The quantitative estimate of drug-likeness (QED) is 0.651. The Morgan fingerprint density at radius 1 is 1.11 bits per heavy atom. The molecule has 0 aliphatic rings. The lowest BCUT2D eigenvalue weighted by atomic mass is 10.1. The standard InChI is InChI=1S/C20H19N3O4/c1-26-20(25)16-5-2-4-15(12-16)19(24)22-17-6-3-7-18(13-17)27-11-10-23-9-8-21-14-23/h2-9,12-14H,10-11H2,1H3,(H,22,24). The summed E-state index contributed by atoms with van der Waals surface area (Å²) in [5.74, 6) is -0.162. The molecule has 1 N–H and O–H groups in total. The number of nitrogens with zero attached hydrogens (tertiary/aromatic N) is 2. The van der Waals surface area contributed by atoms with Gasteiger partial charge in [0.05, 0.1) is 25.5 Å². The predicted octanol–water partition coefficient (Wildman–Crippen LogP) is 3.00. The maximum Gasteiger partial charge on any atom is 0.337 e. The number of imidazole rings is 1. The molecule has 3 rings (SSSR count). The third-order valence-electron chi connectivity index (χ3n) is 3.82. The smallest absolute Gasteiger partial charge is 0.337 e. The number of aromatic nitrogens is 2. The molecule has 0 radical (unpaired) electrons. The van der Waals surface area contributed by atoms with Crippen LogP contribution in [0.1, 0.15) is 20.7 Å². The first-order valence-electron chi connectivity index (χ1n) is 8.34. The fourth-order valence-corrected chi connectivity index (χ4v) is 2.46. The molecule has 0 saturated heterocycles. The van der Waals surface area contributed by atoms with E-state index in [4.69, 9.17) is 4.74 Å². The molecule has 7 nitrogen and oxygen atoms in total. The Bertz CT molecular complexity index is 922. The molecule has 1 amide bonds. The lowest BCUT2D eigenvalue weighted by Gasteiger charge is -2.10. The fourth-order valence-electron chi connectivity index (χ4n) is 2.46. The van der Waals surface area contributed by atoms with Crippen LogP contribution in [0.4, 0.5) is 5.69 Å². The highest BCUT2D eigenvalue weighted by molar-refractivity contribution is 6.05. The Hall–Kier alpha value is -3.61. The van der Waals surface area contributed by atoms with E-state index in [0.717, 1.165) is 0 Å². The highest BCUT2D eigenvalue weighted by Crippen LogP contribution is 2.18. The molecule has 0 unspecified atom stereocenters. The number of hydrogen-bond acceptors (Lipinski definition) is 5. The third kappa shape index (κ3) is 4.94. The summed E-state index contributed by atoms with van der Waals surface area (Å²) >= 11 is 0. The lowest BCUT2D eigenvalue weighted by Crippen LogP contribution is -2.13. The number of amides is 1. The predicted molar refractivity (Wildman–Crippen MR) is 99.9 cm³/mol. The molecule has 1 heterocycles. The molecule has 0 saturated carbocycles. The van der Waals surface area contributed by atoms with E-state index >= 15 is 0 Å². The van der Waals surface area contributed by atoms with Crippen LogP contribution in [-0.4, -0.2) is 35.1 Å². The van der Waals surface area contributed by atoms with Gasteiger partial charge in [-0.25, -0.2) is 9.78 Å². The van der Waals surface area contributed by atoms with E-state index in [1.807, 2.05) is 16.8 Å². The van der Waals surface area contributed by atoms with E-state index in [9.17, 15) is 9.59 Å². The average Bonchev–Trinajstić information content (AvgIpc) is 3.21. The van der Waals surface area contributed by atoms with Gasteiger partial charge in [0.15, 0.2) is 0 Å².